The van der Waals surface area contributed by atoms with Gasteiger partial charge in [0.05, 0.1) is 19.9 Å². The number of anilines is 1. The molecule has 1 aromatic carbocycles. The number of hydrogen-bond acceptors (Lipinski definition) is 5. The van der Waals surface area contributed by atoms with Crippen molar-refractivity contribution in [3.63, 3.8) is 0 Å². The third kappa shape index (κ3) is 4.25. The van der Waals surface area contributed by atoms with E-state index in [2.05, 4.69) is 16.8 Å². The highest BCUT2D eigenvalue weighted by molar-refractivity contribution is 5.62. The molecule has 1 aliphatic heterocycles. The van der Waals surface area contributed by atoms with Crippen molar-refractivity contribution in [2.24, 2.45) is 0 Å². The van der Waals surface area contributed by atoms with Gasteiger partial charge in [0.1, 0.15) is 0 Å². The normalized spacial score (nSPS) is 16.9. The lowest BCUT2D eigenvalue weighted by atomic mass is 10.1. The molecule has 1 aliphatic rings. The van der Waals surface area contributed by atoms with Gasteiger partial charge in [-0.1, -0.05) is 0 Å². The highest BCUT2D eigenvalue weighted by Crippen LogP contribution is 2.34. The van der Waals surface area contributed by atoms with Crippen LogP contribution in [0.15, 0.2) is 12.1 Å². The quantitative estimate of drug-likeness (QED) is 0.805. The number of ether oxygens (including phenoxy) is 2. The van der Waals surface area contributed by atoms with Crippen LogP contribution in [0.2, 0.25) is 0 Å². The third-order valence-electron chi connectivity index (χ3n) is 4.10. The Hall–Kier alpha value is -1.46. The fourth-order valence-electron chi connectivity index (χ4n) is 2.78. The molecule has 5 heteroatoms. The molecule has 1 saturated heterocycles. The number of benzene rings is 1. The second-order valence-electron chi connectivity index (χ2n) is 5.67. The van der Waals surface area contributed by atoms with Crippen molar-refractivity contribution in [1.29, 1.82) is 0 Å². The standard InChI is InChI=1S/C16H27N3O2/c1-18-7-9-19(10-8-18)6-4-5-13-11-14(17)16(21-3)15(12-13)20-2/h11-12H,4-10,17H2,1-3H3. The number of aryl methyl sites for hydroxylation is 1. The van der Waals surface area contributed by atoms with Crippen molar-refractivity contribution in [1.82, 2.24) is 9.80 Å². The van der Waals surface area contributed by atoms with E-state index in [-0.39, 0.29) is 0 Å². The van der Waals surface area contributed by atoms with Crippen molar-refractivity contribution in [3.05, 3.63) is 17.7 Å². The monoisotopic (exact) mass is 293 g/mol. The number of methoxy groups -OCH3 is 2. The average Bonchev–Trinajstić information content (AvgIpc) is 2.48. The minimum absolute atomic E-state index is 0.625. The Morgan fingerprint density at radius 1 is 1.10 bits per heavy atom. The van der Waals surface area contributed by atoms with E-state index in [1.54, 1.807) is 14.2 Å². The van der Waals surface area contributed by atoms with E-state index in [1.165, 1.54) is 31.7 Å². The lowest BCUT2D eigenvalue weighted by Gasteiger charge is -2.32. The summed E-state index contributed by atoms with van der Waals surface area (Å²) in [4.78, 5) is 4.91. The van der Waals surface area contributed by atoms with Crippen molar-refractivity contribution < 1.29 is 9.47 Å². The fraction of sp³-hybridized carbons (Fsp3) is 0.625. The first-order valence-electron chi connectivity index (χ1n) is 7.55. The Kier molecular flexibility index (Phi) is 5.70. The molecule has 0 saturated carbocycles. The van der Waals surface area contributed by atoms with Gasteiger partial charge in [-0.15, -0.1) is 0 Å². The number of rotatable bonds is 6. The first kappa shape index (κ1) is 15.9. The zero-order valence-electron chi connectivity index (χ0n) is 13.4. The van der Waals surface area contributed by atoms with Gasteiger partial charge in [-0.25, -0.2) is 0 Å². The summed E-state index contributed by atoms with van der Waals surface area (Å²) in [5.74, 6) is 1.34. The third-order valence-corrected chi connectivity index (χ3v) is 4.10. The van der Waals surface area contributed by atoms with Gasteiger partial charge in [0.15, 0.2) is 11.5 Å². The Bertz CT molecular complexity index is 457. The Labute approximate surface area is 127 Å². The molecule has 21 heavy (non-hydrogen) atoms. The summed E-state index contributed by atoms with van der Waals surface area (Å²) in [6.07, 6.45) is 2.15. The molecule has 0 spiro atoms. The SMILES string of the molecule is COc1cc(CCCN2CCN(C)CC2)cc(N)c1OC. The molecule has 5 nitrogen and oxygen atoms in total. The minimum Gasteiger partial charge on any atom is -0.493 e. The summed E-state index contributed by atoms with van der Waals surface area (Å²) in [5, 5.41) is 0. The smallest absolute Gasteiger partial charge is 0.183 e. The molecule has 1 aromatic rings. The molecule has 0 bridgehead atoms. The van der Waals surface area contributed by atoms with E-state index < -0.39 is 0 Å². The fourth-order valence-corrected chi connectivity index (χ4v) is 2.78. The van der Waals surface area contributed by atoms with E-state index in [0.717, 1.165) is 19.4 Å². The van der Waals surface area contributed by atoms with Gasteiger partial charge in [-0.2, -0.15) is 0 Å². The van der Waals surface area contributed by atoms with Crippen LogP contribution in [-0.4, -0.2) is 63.8 Å². The molecule has 1 heterocycles. The molecule has 0 radical (unpaired) electrons. The second kappa shape index (κ2) is 7.52. The maximum atomic E-state index is 6.02. The topological polar surface area (TPSA) is 51.0 Å². The highest BCUT2D eigenvalue weighted by atomic mass is 16.5. The van der Waals surface area contributed by atoms with Crippen LogP contribution in [0.1, 0.15) is 12.0 Å². The summed E-state index contributed by atoms with van der Waals surface area (Å²) in [6.45, 7) is 5.82. The molecule has 118 valence electrons. The molecule has 0 atom stereocenters. The van der Waals surface area contributed by atoms with Gasteiger partial charge in [-0.3, -0.25) is 0 Å². The van der Waals surface area contributed by atoms with Gasteiger partial charge in [-0.05, 0) is 44.1 Å². The van der Waals surface area contributed by atoms with E-state index in [4.69, 9.17) is 15.2 Å². The zero-order chi connectivity index (χ0) is 15.2. The van der Waals surface area contributed by atoms with Crippen LogP contribution in [-0.2, 0) is 6.42 Å². The lowest BCUT2D eigenvalue weighted by molar-refractivity contribution is 0.153. The highest BCUT2D eigenvalue weighted by Gasteiger charge is 2.14. The number of piperazine rings is 1. The van der Waals surface area contributed by atoms with E-state index >= 15 is 0 Å². The second-order valence-corrected chi connectivity index (χ2v) is 5.67. The molecule has 2 N–H and O–H groups in total. The molecular formula is C16H27N3O2. The largest absolute Gasteiger partial charge is 0.493 e. The first-order chi connectivity index (χ1) is 10.1. The molecule has 2 rings (SSSR count). The summed E-state index contributed by atoms with van der Waals surface area (Å²) in [5.41, 5.74) is 7.87. The average molecular weight is 293 g/mol. The van der Waals surface area contributed by atoms with Crippen LogP contribution < -0.4 is 15.2 Å². The van der Waals surface area contributed by atoms with Gasteiger partial charge in [0.2, 0.25) is 0 Å². The Morgan fingerprint density at radius 3 is 2.43 bits per heavy atom. The van der Waals surface area contributed by atoms with E-state index in [9.17, 15) is 0 Å². The number of nitrogen functional groups attached to an aromatic ring is 1. The first-order valence-corrected chi connectivity index (χ1v) is 7.55. The number of nitrogens with two attached hydrogens (primary N) is 1. The predicted molar refractivity (Wildman–Crippen MR) is 86.2 cm³/mol. The molecule has 0 aromatic heterocycles. The lowest BCUT2D eigenvalue weighted by Crippen LogP contribution is -2.44. The van der Waals surface area contributed by atoms with Crippen LogP contribution in [0.3, 0.4) is 0 Å². The Morgan fingerprint density at radius 2 is 1.81 bits per heavy atom. The van der Waals surface area contributed by atoms with E-state index in [1.807, 2.05) is 12.1 Å². The van der Waals surface area contributed by atoms with Gasteiger partial charge < -0.3 is 25.0 Å². The van der Waals surface area contributed by atoms with Crippen molar-refractivity contribution in [2.75, 3.05) is 59.7 Å². The summed E-state index contributed by atoms with van der Waals surface area (Å²) in [6, 6.07) is 4.02. The minimum atomic E-state index is 0.625. The number of nitrogens with zero attached hydrogens (tertiary/aromatic N) is 2. The van der Waals surface area contributed by atoms with Crippen LogP contribution in [0, 0.1) is 0 Å². The zero-order valence-corrected chi connectivity index (χ0v) is 13.4. The molecule has 1 fully saturated rings. The summed E-state index contributed by atoms with van der Waals surface area (Å²) < 4.78 is 10.6. The van der Waals surface area contributed by atoms with Crippen molar-refractivity contribution in [3.8, 4) is 11.5 Å². The maximum Gasteiger partial charge on any atom is 0.183 e. The Balaban J connectivity index is 1.87. The van der Waals surface area contributed by atoms with Crippen molar-refractivity contribution in [2.45, 2.75) is 12.8 Å². The van der Waals surface area contributed by atoms with Crippen LogP contribution >= 0.6 is 0 Å². The van der Waals surface area contributed by atoms with E-state index in [0.29, 0.717) is 17.2 Å². The molecular weight excluding hydrogens is 266 g/mol. The summed E-state index contributed by atoms with van der Waals surface area (Å²) >= 11 is 0. The molecule has 0 unspecified atom stereocenters. The summed E-state index contributed by atoms with van der Waals surface area (Å²) in [7, 11) is 5.44. The van der Waals surface area contributed by atoms with Crippen LogP contribution in [0.4, 0.5) is 5.69 Å². The van der Waals surface area contributed by atoms with Gasteiger partial charge >= 0.3 is 0 Å². The van der Waals surface area contributed by atoms with Gasteiger partial charge in [0, 0.05) is 26.2 Å². The van der Waals surface area contributed by atoms with Crippen LogP contribution in [0.5, 0.6) is 11.5 Å². The molecule has 0 amide bonds. The van der Waals surface area contributed by atoms with Gasteiger partial charge in [0.25, 0.3) is 0 Å². The number of hydrogen-bond donors (Lipinski definition) is 1. The number of likely N-dealkylation sites (N-methyl/N-ethyl adjacent to an activating group) is 1. The molecule has 0 aliphatic carbocycles. The van der Waals surface area contributed by atoms with Crippen LogP contribution in [0.25, 0.3) is 0 Å². The van der Waals surface area contributed by atoms with Crippen molar-refractivity contribution >= 4 is 5.69 Å². The predicted octanol–water partition coefficient (Wildman–Crippen LogP) is 1.47. The maximum absolute atomic E-state index is 6.02.